The summed E-state index contributed by atoms with van der Waals surface area (Å²) in [6.45, 7) is 1.21. The van der Waals surface area contributed by atoms with Crippen molar-refractivity contribution in [1.29, 1.82) is 0 Å². The van der Waals surface area contributed by atoms with Crippen LogP contribution in [-0.4, -0.2) is 43.3 Å². The maximum Gasteiger partial charge on any atom is 0.501 e. The van der Waals surface area contributed by atoms with Crippen molar-refractivity contribution < 1.29 is 13.3 Å². The third kappa shape index (κ3) is 3.61. The fourth-order valence-electron chi connectivity index (χ4n) is 0.900. The molecule has 0 radical (unpaired) electrons. The maximum atomic E-state index is 5.26. The van der Waals surface area contributed by atoms with Gasteiger partial charge < -0.3 is 24.3 Å². The topological polar surface area (TPSA) is 65.7 Å². The molecule has 0 aliphatic carbocycles. The van der Waals surface area contributed by atoms with Crippen molar-refractivity contribution in [2.24, 2.45) is 5.73 Å². The first kappa shape index (κ1) is 12.0. The van der Waals surface area contributed by atoms with Crippen LogP contribution in [0.5, 0.6) is 0 Å². The molecule has 5 nitrogen and oxygen atoms in total. The maximum absolute atomic E-state index is 5.26. The summed E-state index contributed by atoms with van der Waals surface area (Å²) < 4.78 is 15.6. The molecule has 0 amide bonds. The van der Waals surface area contributed by atoms with Gasteiger partial charge in [-0.2, -0.15) is 0 Å². The zero-order valence-corrected chi connectivity index (χ0v) is 8.92. The quantitative estimate of drug-likeness (QED) is 0.321. The molecule has 74 valence electrons. The number of nitrogens with two attached hydrogens (primary N) is 1. The lowest BCUT2D eigenvalue weighted by Gasteiger charge is -2.24. The Labute approximate surface area is 74.5 Å². The van der Waals surface area contributed by atoms with Crippen LogP contribution < -0.4 is 11.1 Å². The van der Waals surface area contributed by atoms with Crippen LogP contribution in [0.15, 0.2) is 0 Å². The first-order valence-electron chi connectivity index (χ1n) is 3.81. The summed E-state index contributed by atoms with van der Waals surface area (Å²) in [5.74, 6) is 0. The van der Waals surface area contributed by atoms with E-state index in [0.717, 1.165) is 12.6 Å². The average Bonchev–Trinajstić information content (AvgIpc) is 2.14. The van der Waals surface area contributed by atoms with Crippen molar-refractivity contribution >= 4 is 8.80 Å². The highest BCUT2D eigenvalue weighted by atomic mass is 28.4. The predicted octanol–water partition coefficient (Wildman–Crippen LogP) is -0.630. The zero-order valence-electron chi connectivity index (χ0n) is 7.92. The summed E-state index contributed by atoms with van der Waals surface area (Å²) in [6.07, 6.45) is 0. The molecule has 0 bridgehead atoms. The number of hydrogen-bond acceptors (Lipinski definition) is 5. The van der Waals surface area contributed by atoms with E-state index in [1.54, 1.807) is 21.3 Å². The molecule has 0 aromatic heterocycles. The minimum absolute atomic E-state index is 0.460. The molecule has 0 atom stereocenters. The molecular weight excluding hydrogens is 176 g/mol. The summed E-state index contributed by atoms with van der Waals surface area (Å²) >= 11 is 0. The van der Waals surface area contributed by atoms with E-state index in [-0.39, 0.29) is 0 Å². The molecule has 0 spiro atoms. The highest BCUT2D eigenvalue weighted by Crippen LogP contribution is 2.10. The fraction of sp³-hybridized carbons (Fsp3) is 1.00. The molecule has 6 heteroatoms. The van der Waals surface area contributed by atoms with Gasteiger partial charge in [-0.3, -0.25) is 0 Å². The Morgan fingerprint density at radius 2 is 1.67 bits per heavy atom. The van der Waals surface area contributed by atoms with Crippen LogP contribution in [0.1, 0.15) is 0 Å². The van der Waals surface area contributed by atoms with E-state index >= 15 is 0 Å². The molecule has 0 heterocycles. The molecule has 0 aromatic carbocycles. The normalized spacial score (nSPS) is 12.0. The summed E-state index contributed by atoms with van der Waals surface area (Å²) in [5, 5.41) is 2.98. The van der Waals surface area contributed by atoms with Crippen LogP contribution in [0.3, 0.4) is 0 Å². The largest absolute Gasteiger partial charge is 0.501 e. The summed E-state index contributed by atoms with van der Waals surface area (Å²) in [5.41, 5.74) is 5.26. The van der Waals surface area contributed by atoms with Crippen LogP contribution in [-0.2, 0) is 13.3 Å². The minimum atomic E-state index is -2.37. The molecule has 0 aromatic rings. The number of nitrogens with one attached hydrogen (secondary N) is 1. The van der Waals surface area contributed by atoms with Gasteiger partial charge in [-0.1, -0.05) is 0 Å². The van der Waals surface area contributed by atoms with Crippen LogP contribution in [0.2, 0.25) is 6.04 Å². The molecule has 12 heavy (non-hydrogen) atoms. The number of rotatable bonds is 7. The van der Waals surface area contributed by atoms with Gasteiger partial charge in [-0.25, -0.2) is 0 Å². The first-order valence-corrected chi connectivity index (χ1v) is 5.74. The van der Waals surface area contributed by atoms with Crippen molar-refractivity contribution in [3.8, 4) is 0 Å². The van der Waals surface area contributed by atoms with Crippen LogP contribution in [0.25, 0.3) is 0 Å². The van der Waals surface area contributed by atoms with Gasteiger partial charge in [0.1, 0.15) is 0 Å². The molecule has 0 saturated heterocycles. The predicted molar refractivity (Wildman–Crippen MR) is 48.6 cm³/mol. The van der Waals surface area contributed by atoms with E-state index < -0.39 is 8.80 Å². The second kappa shape index (κ2) is 6.52. The van der Waals surface area contributed by atoms with Crippen molar-refractivity contribution in [3.05, 3.63) is 0 Å². The number of hydrogen-bond donors (Lipinski definition) is 2. The average molecular weight is 194 g/mol. The SMILES string of the molecule is CO[Si](CCNCN)(OC)OC. The monoisotopic (exact) mass is 194 g/mol. The minimum Gasteiger partial charge on any atom is -0.377 e. The van der Waals surface area contributed by atoms with E-state index in [2.05, 4.69) is 5.32 Å². The Morgan fingerprint density at radius 1 is 1.17 bits per heavy atom. The Morgan fingerprint density at radius 3 is 2.00 bits per heavy atom. The highest BCUT2D eigenvalue weighted by molar-refractivity contribution is 6.60. The van der Waals surface area contributed by atoms with E-state index in [1.807, 2.05) is 0 Å². The smallest absolute Gasteiger partial charge is 0.377 e. The van der Waals surface area contributed by atoms with Gasteiger partial charge in [0.05, 0.1) is 0 Å². The Hall–Kier alpha value is 0.0169. The van der Waals surface area contributed by atoms with Gasteiger partial charge in [0.25, 0.3) is 0 Å². The second-order valence-electron chi connectivity index (χ2n) is 2.25. The van der Waals surface area contributed by atoms with Crippen molar-refractivity contribution in [2.75, 3.05) is 34.5 Å². The molecule has 0 rings (SSSR count). The van der Waals surface area contributed by atoms with Crippen LogP contribution in [0.4, 0.5) is 0 Å². The lowest BCUT2D eigenvalue weighted by molar-refractivity contribution is 0.123. The molecule has 0 aliphatic heterocycles. The Kier molecular flexibility index (Phi) is 6.53. The summed E-state index contributed by atoms with van der Waals surface area (Å²) in [4.78, 5) is 0. The van der Waals surface area contributed by atoms with Crippen molar-refractivity contribution in [2.45, 2.75) is 6.04 Å². The van der Waals surface area contributed by atoms with Crippen LogP contribution in [0, 0.1) is 0 Å². The van der Waals surface area contributed by atoms with Gasteiger partial charge in [0, 0.05) is 40.6 Å². The molecule has 0 aliphatic rings. The fourth-order valence-corrected chi connectivity index (χ4v) is 2.50. The molecule has 0 saturated carbocycles. The van der Waals surface area contributed by atoms with Gasteiger partial charge >= 0.3 is 8.80 Å². The lowest BCUT2D eigenvalue weighted by Crippen LogP contribution is -2.45. The van der Waals surface area contributed by atoms with Gasteiger partial charge in [0.2, 0.25) is 0 Å². The van der Waals surface area contributed by atoms with Gasteiger partial charge in [-0.05, 0) is 0 Å². The van der Waals surface area contributed by atoms with E-state index in [0.29, 0.717) is 6.67 Å². The van der Waals surface area contributed by atoms with E-state index in [1.165, 1.54) is 0 Å². The van der Waals surface area contributed by atoms with E-state index in [9.17, 15) is 0 Å². The van der Waals surface area contributed by atoms with Crippen molar-refractivity contribution in [3.63, 3.8) is 0 Å². The van der Waals surface area contributed by atoms with E-state index in [4.69, 9.17) is 19.0 Å². The lowest BCUT2D eigenvalue weighted by atomic mass is 10.7. The third-order valence-corrected chi connectivity index (χ3v) is 4.41. The van der Waals surface area contributed by atoms with Crippen molar-refractivity contribution in [1.82, 2.24) is 5.32 Å². The second-order valence-corrected chi connectivity index (χ2v) is 5.34. The molecule has 0 fully saturated rings. The van der Waals surface area contributed by atoms with Gasteiger partial charge in [-0.15, -0.1) is 0 Å². The third-order valence-electron chi connectivity index (χ3n) is 1.69. The zero-order chi connectivity index (χ0) is 9.45. The summed E-state index contributed by atoms with van der Waals surface area (Å²) in [6, 6.07) is 0.730. The molecule has 3 N–H and O–H groups in total. The first-order chi connectivity index (χ1) is 5.74. The molecule has 0 unspecified atom stereocenters. The highest BCUT2D eigenvalue weighted by Gasteiger charge is 2.36. The summed E-state index contributed by atoms with van der Waals surface area (Å²) in [7, 11) is 2.42. The molecular formula is C6H18N2O3Si. The Bertz CT molecular complexity index is 103. The van der Waals surface area contributed by atoms with Gasteiger partial charge in [0.15, 0.2) is 0 Å². The standard InChI is InChI=1S/C6H18N2O3Si/c1-9-12(10-2,11-3)5-4-8-6-7/h8H,4-7H2,1-3H3. The van der Waals surface area contributed by atoms with Crippen LogP contribution >= 0.6 is 0 Å². The Balaban J connectivity index is 3.76.